The van der Waals surface area contributed by atoms with Crippen LogP contribution in [0.3, 0.4) is 0 Å². The van der Waals surface area contributed by atoms with Gasteiger partial charge in [-0.1, -0.05) is 49.1 Å². The normalized spacial score (nSPS) is 26.2. The summed E-state index contributed by atoms with van der Waals surface area (Å²) in [7, 11) is 0. The first-order chi connectivity index (χ1) is 11.7. The molecule has 0 radical (unpaired) electrons. The van der Waals surface area contributed by atoms with Crippen molar-refractivity contribution in [2.24, 2.45) is 5.92 Å². The van der Waals surface area contributed by atoms with Crippen LogP contribution < -0.4 is 5.32 Å². The molecule has 130 valence electrons. The van der Waals surface area contributed by atoms with E-state index < -0.39 is 0 Å². The van der Waals surface area contributed by atoms with Crippen molar-refractivity contribution in [2.45, 2.75) is 57.4 Å². The molecule has 1 saturated heterocycles. The highest BCUT2D eigenvalue weighted by molar-refractivity contribution is 5.26. The van der Waals surface area contributed by atoms with Crippen molar-refractivity contribution < 1.29 is 0 Å². The number of aryl methyl sites for hydroxylation is 1. The monoisotopic (exact) mass is 325 g/mol. The van der Waals surface area contributed by atoms with E-state index in [1.165, 1.54) is 49.7 Å². The number of hydrogen-bond donors (Lipinski definition) is 1. The third-order valence-electron chi connectivity index (χ3n) is 5.75. The van der Waals surface area contributed by atoms with E-state index in [0.29, 0.717) is 18.5 Å². The van der Waals surface area contributed by atoms with E-state index in [0.717, 1.165) is 25.6 Å². The molecule has 0 spiro atoms. The van der Waals surface area contributed by atoms with Gasteiger partial charge >= 0.3 is 0 Å². The van der Waals surface area contributed by atoms with Crippen LogP contribution in [0.25, 0.3) is 0 Å². The quantitative estimate of drug-likeness (QED) is 0.836. The first-order valence-electron chi connectivity index (χ1n) is 9.64. The average Bonchev–Trinajstić information content (AvgIpc) is 2.61. The topological polar surface area (TPSA) is 39.1 Å². The largest absolute Gasteiger partial charge is 0.312 e. The lowest BCUT2D eigenvalue weighted by Gasteiger charge is -2.38. The second-order valence-corrected chi connectivity index (χ2v) is 7.81. The van der Waals surface area contributed by atoms with E-state index in [1.807, 2.05) is 0 Å². The van der Waals surface area contributed by atoms with Crippen LogP contribution in [0.4, 0.5) is 0 Å². The van der Waals surface area contributed by atoms with Gasteiger partial charge in [-0.2, -0.15) is 5.26 Å². The van der Waals surface area contributed by atoms with Crippen molar-refractivity contribution in [3.8, 4) is 6.07 Å². The lowest BCUT2D eigenvalue weighted by molar-refractivity contribution is 0.181. The van der Waals surface area contributed by atoms with Crippen molar-refractivity contribution in [1.82, 2.24) is 10.2 Å². The van der Waals surface area contributed by atoms with Gasteiger partial charge in [0, 0.05) is 19.1 Å². The summed E-state index contributed by atoms with van der Waals surface area (Å²) in [6, 6.07) is 11.8. The Kier molecular flexibility index (Phi) is 6.29. The number of nitriles is 1. The summed E-state index contributed by atoms with van der Waals surface area (Å²) in [5, 5.41) is 13.0. The average molecular weight is 326 g/mol. The van der Waals surface area contributed by atoms with Crippen molar-refractivity contribution in [2.75, 3.05) is 26.2 Å². The fraction of sp³-hybridized carbons (Fsp3) is 0.667. The molecule has 1 aromatic rings. The van der Waals surface area contributed by atoms with E-state index in [-0.39, 0.29) is 0 Å². The summed E-state index contributed by atoms with van der Waals surface area (Å²) in [5.74, 6) is 1.40. The predicted octanol–water partition coefficient (Wildman–Crippen LogP) is 3.85. The zero-order valence-electron chi connectivity index (χ0n) is 15.0. The fourth-order valence-electron chi connectivity index (χ4n) is 4.46. The van der Waals surface area contributed by atoms with Gasteiger partial charge in [0.2, 0.25) is 0 Å². The van der Waals surface area contributed by atoms with Gasteiger partial charge in [-0.25, -0.2) is 0 Å². The molecule has 1 aliphatic carbocycles. The molecule has 2 atom stereocenters. The predicted molar refractivity (Wildman–Crippen MR) is 99.0 cm³/mol. The minimum Gasteiger partial charge on any atom is -0.312 e. The van der Waals surface area contributed by atoms with Gasteiger partial charge in [-0.05, 0) is 50.1 Å². The highest BCUT2D eigenvalue weighted by atomic mass is 15.2. The Morgan fingerprint density at radius 3 is 2.79 bits per heavy atom. The van der Waals surface area contributed by atoms with E-state index >= 15 is 0 Å². The van der Waals surface area contributed by atoms with Gasteiger partial charge < -0.3 is 5.32 Å². The summed E-state index contributed by atoms with van der Waals surface area (Å²) in [6.07, 6.45) is 8.21. The molecular formula is C21H31N3. The molecule has 1 aliphatic heterocycles. The zero-order chi connectivity index (χ0) is 16.8. The smallest absolute Gasteiger partial charge is 0.0866 e. The Bertz CT molecular complexity index is 556. The number of likely N-dealkylation sites (tertiary alicyclic amines) is 1. The summed E-state index contributed by atoms with van der Waals surface area (Å²) >= 11 is 0. The molecule has 0 aromatic heterocycles. The SMILES string of the molecule is Cc1cccc(C2CC(NCC3CCCCC3)CN(CC#N)C2)c1. The van der Waals surface area contributed by atoms with Gasteiger partial charge in [0.15, 0.2) is 0 Å². The number of rotatable bonds is 5. The standard InChI is InChI=1S/C21H31N3/c1-17-6-5-9-19(12-17)20-13-21(16-24(15-20)11-10-22)23-14-18-7-3-2-4-8-18/h5-6,9,12,18,20-21,23H,2-4,7-8,11,13-16H2,1H3. The Morgan fingerprint density at radius 2 is 2.04 bits per heavy atom. The Labute approximate surface area is 147 Å². The van der Waals surface area contributed by atoms with Gasteiger partial charge in [0.1, 0.15) is 0 Å². The van der Waals surface area contributed by atoms with Crippen LogP contribution >= 0.6 is 0 Å². The van der Waals surface area contributed by atoms with Crippen LogP contribution in [-0.2, 0) is 0 Å². The number of hydrogen-bond acceptors (Lipinski definition) is 3. The number of nitrogens with zero attached hydrogens (tertiary/aromatic N) is 2. The van der Waals surface area contributed by atoms with Crippen molar-refractivity contribution >= 4 is 0 Å². The molecule has 2 fully saturated rings. The lowest BCUT2D eigenvalue weighted by Crippen LogP contribution is -2.49. The van der Waals surface area contributed by atoms with E-state index in [1.54, 1.807) is 0 Å². The minimum atomic E-state index is 0.513. The van der Waals surface area contributed by atoms with Gasteiger partial charge in [0.05, 0.1) is 12.6 Å². The number of piperidine rings is 1. The van der Waals surface area contributed by atoms with Gasteiger partial charge in [-0.3, -0.25) is 4.90 Å². The summed E-state index contributed by atoms with van der Waals surface area (Å²) in [5.41, 5.74) is 2.76. The molecule has 3 nitrogen and oxygen atoms in total. The third kappa shape index (κ3) is 4.82. The summed E-state index contributed by atoms with van der Waals surface area (Å²) in [4.78, 5) is 2.33. The molecule has 3 rings (SSSR count). The first-order valence-corrected chi connectivity index (χ1v) is 9.64. The molecule has 1 heterocycles. The Hall–Kier alpha value is -1.37. The first kappa shape index (κ1) is 17.5. The second kappa shape index (κ2) is 8.65. The molecule has 2 aliphatic rings. The van der Waals surface area contributed by atoms with Gasteiger partial charge in [0.25, 0.3) is 0 Å². The molecule has 0 amide bonds. The maximum Gasteiger partial charge on any atom is 0.0866 e. The maximum absolute atomic E-state index is 9.13. The molecule has 2 unspecified atom stereocenters. The molecular weight excluding hydrogens is 294 g/mol. The van der Waals surface area contributed by atoms with Crippen molar-refractivity contribution in [1.29, 1.82) is 5.26 Å². The maximum atomic E-state index is 9.13. The van der Waals surface area contributed by atoms with Crippen LogP contribution in [0.5, 0.6) is 0 Å². The van der Waals surface area contributed by atoms with E-state index in [2.05, 4.69) is 47.5 Å². The zero-order valence-corrected chi connectivity index (χ0v) is 15.0. The Morgan fingerprint density at radius 1 is 1.21 bits per heavy atom. The van der Waals surface area contributed by atoms with E-state index in [9.17, 15) is 0 Å². The highest BCUT2D eigenvalue weighted by Crippen LogP contribution is 2.28. The highest BCUT2D eigenvalue weighted by Gasteiger charge is 2.28. The Balaban J connectivity index is 1.61. The van der Waals surface area contributed by atoms with Crippen LogP contribution in [0.2, 0.25) is 0 Å². The van der Waals surface area contributed by atoms with Crippen LogP contribution in [0.1, 0.15) is 55.6 Å². The number of benzene rings is 1. The van der Waals surface area contributed by atoms with Crippen molar-refractivity contribution in [3.63, 3.8) is 0 Å². The summed E-state index contributed by atoms with van der Waals surface area (Å²) < 4.78 is 0. The lowest BCUT2D eigenvalue weighted by atomic mass is 9.86. The third-order valence-corrected chi connectivity index (χ3v) is 5.75. The molecule has 0 bridgehead atoms. The molecule has 3 heteroatoms. The molecule has 1 saturated carbocycles. The fourth-order valence-corrected chi connectivity index (χ4v) is 4.46. The van der Waals surface area contributed by atoms with Crippen LogP contribution in [-0.4, -0.2) is 37.1 Å². The van der Waals surface area contributed by atoms with Gasteiger partial charge in [-0.15, -0.1) is 0 Å². The summed E-state index contributed by atoms with van der Waals surface area (Å²) in [6.45, 7) is 5.90. The minimum absolute atomic E-state index is 0.513. The molecule has 1 aromatic carbocycles. The van der Waals surface area contributed by atoms with Crippen LogP contribution in [0.15, 0.2) is 24.3 Å². The molecule has 24 heavy (non-hydrogen) atoms. The molecule has 1 N–H and O–H groups in total. The van der Waals surface area contributed by atoms with E-state index in [4.69, 9.17) is 5.26 Å². The number of nitrogens with one attached hydrogen (secondary N) is 1. The van der Waals surface area contributed by atoms with Crippen molar-refractivity contribution in [3.05, 3.63) is 35.4 Å². The van der Waals surface area contributed by atoms with Crippen LogP contribution in [0, 0.1) is 24.2 Å². The second-order valence-electron chi connectivity index (χ2n) is 7.81.